The normalized spacial score (nSPS) is 13.1. The molecule has 0 fully saturated rings. The molecule has 2 heterocycles. The fourth-order valence-corrected chi connectivity index (χ4v) is 4.49. The fourth-order valence-electron chi connectivity index (χ4n) is 3.17. The van der Waals surface area contributed by atoms with Gasteiger partial charge in [0.15, 0.2) is 5.88 Å². The predicted octanol–water partition coefficient (Wildman–Crippen LogP) is 7.09. The second-order valence-corrected chi connectivity index (χ2v) is 8.18. The minimum atomic E-state index is -0.711. The van der Waals surface area contributed by atoms with Crippen molar-refractivity contribution in [1.82, 2.24) is 4.98 Å². The maximum absolute atomic E-state index is 14.4. The molecule has 0 saturated carbocycles. The molecule has 1 aliphatic rings. The number of hydrogen-bond acceptors (Lipinski definition) is 2. The number of halogens is 6. The molecule has 2 N–H and O–H groups in total. The van der Waals surface area contributed by atoms with Crippen LogP contribution in [0, 0.1) is 12.7 Å². The van der Waals surface area contributed by atoms with Gasteiger partial charge in [0.1, 0.15) is 5.82 Å². The maximum atomic E-state index is 14.4. The van der Waals surface area contributed by atoms with Crippen LogP contribution in [0.25, 0.3) is 11.3 Å². The molecule has 0 atom stereocenters. The molecule has 1 amide bonds. The molecule has 0 aliphatic carbocycles. The smallest absolute Gasteiger partial charge is 0.280 e. The van der Waals surface area contributed by atoms with Gasteiger partial charge < -0.3 is 10.1 Å². The third kappa shape index (κ3) is 3.04. The summed E-state index contributed by atoms with van der Waals surface area (Å²) in [4.78, 5) is 19.3. The zero-order valence-corrected chi connectivity index (χ0v) is 18.1. The van der Waals surface area contributed by atoms with Crippen LogP contribution < -0.4 is 0 Å². The third-order valence-electron chi connectivity index (χ3n) is 4.48. The van der Waals surface area contributed by atoms with E-state index in [0.29, 0.717) is 0 Å². The van der Waals surface area contributed by atoms with Crippen LogP contribution in [-0.2, 0) is 0 Å². The van der Waals surface area contributed by atoms with Gasteiger partial charge in [0.25, 0.3) is 5.91 Å². The van der Waals surface area contributed by atoms with Gasteiger partial charge in [-0.2, -0.15) is 0 Å². The number of aromatic amines is 1. The van der Waals surface area contributed by atoms with Gasteiger partial charge in [-0.25, -0.2) is 9.38 Å². The van der Waals surface area contributed by atoms with E-state index in [2.05, 4.69) is 9.98 Å². The summed E-state index contributed by atoms with van der Waals surface area (Å²) in [5, 5.41) is 10.1. The summed E-state index contributed by atoms with van der Waals surface area (Å²) in [5.74, 6) is -1.69. The van der Waals surface area contributed by atoms with Crippen molar-refractivity contribution in [2.45, 2.75) is 6.92 Å². The van der Waals surface area contributed by atoms with E-state index >= 15 is 0 Å². The van der Waals surface area contributed by atoms with Crippen molar-refractivity contribution in [1.29, 1.82) is 0 Å². The number of hydrogen-bond donors (Lipinski definition) is 2. The van der Waals surface area contributed by atoms with E-state index in [1.165, 1.54) is 6.07 Å². The van der Waals surface area contributed by atoms with Crippen LogP contribution in [-0.4, -0.2) is 21.7 Å². The summed E-state index contributed by atoms with van der Waals surface area (Å²) in [5.41, 5.74) is 0.939. The van der Waals surface area contributed by atoms with Gasteiger partial charge in [0.2, 0.25) is 0 Å². The quantitative estimate of drug-likeness (QED) is 0.296. The van der Waals surface area contributed by atoms with Crippen LogP contribution in [0.3, 0.4) is 0 Å². The Bertz CT molecular complexity index is 1240. The molecule has 0 spiro atoms. The lowest BCUT2D eigenvalue weighted by Crippen LogP contribution is -2.03. The number of carbonyl (C=O) groups is 1. The first kappa shape index (κ1) is 20.5. The minimum Gasteiger partial charge on any atom is -0.494 e. The number of aromatic hydroxyl groups is 1. The molecule has 0 saturated heterocycles. The number of aliphatic imine (C=N–C) groups is 1. The Balaban J connectivity index is 2.00. The molecule has 1 aromatic heterocycles. The topological polar surface area (TPSA) is 65.4 Å². The predicted molar refractivity (Wildman–Crippen MR) is 114 cm³/mol. The van der Waals surface area contributed by atoms with E-state index in [-0.39, 0.29) is 58.8 Å². The summed E-state index contributed by atoms with van der Waals surface area (Å²) in [6.07, 6.45) is 0. The number of fused-ring (bicyclic) bond motifs is 1. The van der Waals surface area contributed by atoms with Crippen molar-refractivity contribution < 1.29 is 14.3 Å². The number of nitrogens with one attached hydrogen (secondary N) is 1. The lowest BCUT2D eigenvalue weighted by Gasteiger charge is -2.12. The minimum absolute atomic E-state index is 0.0173. The first-order chi connectivity index (χ1) is 13.6. The van der Waals surface area contributed by atoms with Crippen molar-refractivity contribution in [3.05, 3.63) is 71.4 Å². The first-order valence-electron chi connectivity index (χ1n) is 8.00. The fraction of sp³-hybridized carbons (Fsp3) is 0.0526. The molecule has 4 rings (SSSR count). The van der Waals surface area contributed by atoms with Crippen LogP contribution in [0.5, 0.6) is 5.88 Å². The Morgan fingerprint density at radius 2 is 1.52 bits per heavy atom. The molecule has 0 radical (unpaired) electrons. The molecule has 1 aliphatic heterocycles. The molecule has 0 bridgehead atoms. The third-order valence-corrected chi connectivity index (χ3v) is 6.76. The zero-order valence-electron chi connectivity index (χ0n) is 14.3. The Hall–Kier alpha value is -1.76. The number of carbonyl (C=O) groups excluding carboxylic acids is 1. The van der Waals surface area contributed by atoms with Crippen LogP contribution in [0.2, 0.25) is 25.1 Å². The second kappa shape index (κ2) is 7.18. The second-order valence-electron chi connectivity index (χ2n) is 6.29. The molecule has 3 aromatic rings. The van der Waals surface area contributed by atoms with E-state index in [0.717, 1.165) is 5.56 Å². The highest BCUT2D eigenvalue weighted by Gasteiger charge is 2.37. The SMILES string of the molecule is Cc1ccc(F)c(-c2[nH]c(O)c3c2C(=O)N=C3c2c(Cl)c(Cl)c(Cl)c(Cl)c2Cl)c1. The van der Waals surface area contributed by atoms with E-state index in [4.69, 9.17) is 58.0 Å². The number of amides is 1. The lowest BCUT2D eigenvalue weighted by molar-refractivity contribution is 0.101. The van der Waals surface area contributed by atoms with Crippen LogP contribution in [0.15, 0.2) is 23.2 Å². The Labute approximate surface area is 188 Å². The number of H-pyrrole nitrogens is 1. The van der Waals surface area contributed by atoms with Crippen molar-refractivity contribution >= 4 is 69.6 Å². The van der Waals surface area contributed by atoms with Crippen molar-refractivity contribution in [3.8, 4) is 17.1 Å². The van der Waals surface area contributed by atoms with Gasteiger partial charge in [-0.1, -0.05) is 69.6 Å². The molecule has 0 unspecified atom stereocenters. The average Bonchev–Trinajstić information content (AvgIpc) is 3.19. The van der Waals surface area contributed by atoms with Gasteiger partial charge in [-0.05, 0) is 19.1 Å². The maximum Gasteiger partial charge on any atom is 0.280 e. The lowest BCUT2D eigenvalue weighted by atomic mass is 9.99. The number of aryl methyl sites for hydroxylation is 1. The Morgan fingerprint density at radius 1 is 0.931 bits per heavy atom. The van der Waals surface area contributed by atoms with Gasteiger partial charge in [-0.3, -0.25) is 4.79 Å². The van der Waals surface area contributed by atoms with E-state index in [9.17, 15) is 14.3 Å². The Kier molecular flexibility index (Phi) is 5.08. The molecule has 29 heavy (non-hydrogen) atoms. The van der Waals surface area contributed by atoms with Crippen LogP contribution in [0.4, 0.5) is 4.39 Å². The molecule has 2 aromatic carbocycles. The molecular formula is C19H8Cl5FN2O2. The summed E-state index contributed by atoms with van der Waals surface area (Å²) in [6, 6.07) is 4.40. The highest BCUT2D eigenvalue weighted by atomic mass is 35.5. The molecule has 10 heteroatoms. The largest absolute Gasteiger partial charge is 0.494 e. The number of aromatic nitrogens is 1. The van der Waals surface area contributed by atoms with Gasteiger partial charge >= 0.3 is 0 Å². The van der Waals surface area contributed by atoms with E-state index in [1.54, 1.807) is 19.1 Å². The van der Waals surface area contributed by atoms with Crippen molar-refractivity contribution in [2.24, 2.45) is 4.99 Å². The molecular weight excluding hydrogens is 484 g/mol. The number of nitrogens with zero attached hydrogens (tertiary/aromatic N) is 1. The zero-order chi connectivity index (χ0) is 21.2. The molecule has 4 nitrogen and oxygen atoms in total. The number of rotatable bonds is 2. The van der Waals surface area contributed by atoms with Gasteiger partial charge in [0, 0.05) is 11.1 Å². The van der Waals surface area contributed by atoms with E-state index < -0.39 is 17.6 Å². The van der Waals surface area contributed by atoms with Crippen molar-refractivity contribution in [2.75, 3.05) is 0 Å². The molecule has 148 valence electrons. The average molecular weight is 493 g/mol. The van der Waals surface area contributed by atoms with Crippen LogP contribution in [0.1, 0.15) is 27.0 Å². The summed E-state index contributed by atoms with van der Waals surface area (Å²) in [7, 11) is 0. The summed E-state index contributed by atoms with van der Waals surface area (Å²) in [6.45, 7) is 1.77. The standard InChI is InChI=1S/C19H8Cl5FN2O2/c1-5-2-3-7(25)6(4-5)16-8-9(19(29)26-16)17(27-18(8)28)10-11(20)13(22)15(24)14(23)12(10)21/h2-4,26,29H,1H3. The van der Waals surface area contributed by atoms with Crippen molar-refractivity contribution in [3.63, 3.8) is 0 Å². The summed E-state index contributed by atoms with van der Waals surface area (Å²) >= 11 is 30.8. The Morgan fingerprint density at radius 3 is 2.14 bits per heavy atom. The van der Waals surface area contributed by atoms with Crippen LogP contribution >= 0.6 is 58.0 Å². The summed E-state index contributed by atoms with van der Waals surface area (Å²) < 4.78 is 14.4. The van der Waals surface area contributed by atoms with Gasteiger partial charge in [0.05, 0.1) is 47.6 Å². The van der Waals surface area contributed by atoms with Gasteiger partial charge in [-0.15, -0.1) is 0 Å². The number of benzene rings is 2. The van der Waals surface area contributed by atoms with E-state index in [1.807, 2.05) is 0 Å². The first-order valence-corrected chi connectivity index (χ1v) is 9.89. The monoisotopic (exact) mass is 490 g/mol. The highest BCUT2D eigenvalue weighted by molar-refractivity contribution is 6.57. The highest BCUT2D eigenvalue weighted by Crippen LogP contribution is 2.47.